The SMILES string of the molecule is COCC(CCCN)NC(C1CC1)C1CC1. The molecule has 1 unspecified atom stereocenters. The zero-order chi connectivity index (χ0) is 11.4. The lowest BCUT2D eigenvalue weighted by molar-refractivity contribution is 0.150. The molecule has 0 aliphatic heterocycles. The minimum Gasteiger partial charge on any atom is -0.383 e. The number of rotatable bonds is 9. The van der Waals surface area contributed by atoms with E-state index >= 15 is 0 Å². The molecule has 3 heteroatoms. The Bertz CT molecular complexity index is 190. The molecule has 0 bridgehead atoms. The molecular weight excluding hydrogens is 200 g/mol. The average molecular weight is 226 g/mol. The first-order valence-electron chi connectivity index (χ1n) is 6.80. The number of nitrogens with one attached hydrogen (secondary N) is 1. The normalized spacial score (nSPS) is 22.7. The third-order valence-electron chi connectivity index (χ3n) is 3.81. The van der Waals surface area contributed by atoms with Gasteiger partial charge in [-0.05, 0) is 56.9 Å². The summed E-state index contributed by atoms with van der Waals surface area (Å²) < 4.78 is 5.30. The lowest BCUT2D eigenvalue weighted by Crippen LogP contribution is -2.43. The molecule has 0 aromatic rings. The van der Waals surface area contributed by atoms with Crippen LogP contribution in [0.15, 0.2) is 0 Å². The van der Waals surface area contributed by atoms with Crippen molar-refractivity contribution in [3.8, 4) is 0 Å². The van der Waals surface area contributed by atoms with Crippen LogP contribution in [-0.4, -0.2) is 32.3 Å². The van der Waals surface area contributed by atoms with Gasteiger partial charge in [0.25, 0.3) is 0 Å². The summed E-state index contributed by atoms with van der Waals surface area (Å²) in [6.45, 7) is 1.62. The van der Waals surface area contributed by atoms with E-state index in [-0.39, 0.29) is 0 Å². The van der Waals surface area contributed by atoms with Crippen molar-refractivity contribution in [1.29, 1.82) is 0 Å². The maximum atomic E-state index is 5.58. The summed E-state index contributed by atoms with van der Waals surface area (Å²) in [5.41, 5.74) is 5.58. The highest BCUT2D eigenvalue weighted by Crippen LogP contribution is 2.44. The van der Waals surface area contributed by atoms with Gasteiger partial charge in [0.2, 0.25) is 0 Å². The molecule has 1 atom stereocenters. The Balaban J connectivity index is 1.76. The molecule has 2 rings (SSSR count). The topological polar surface area (TPSA) is 47.3 Å². The molecule has 16 heavy (non-hydrogen) atoms. The number of hydrogen-bond acceptors (Lipinski definition) is 3. The smallest absolute Gasteiger partial charge is 0.0615 e. The minimum absolute atomic E-state index is 0.514. The number of methoxy groups -OCH3 is 1. The van der Waals surface area contributed by atoms with Crippen molar-refractivity contribution in [3.05, 3.63) is 0 Å². The Morgan fingerprint density at radius 3 is 2.31 bits per heavy atom. The van der Waals surface area contributed by atoms with Crippen LogP contribution < -0.4 is 11.1 Å². The van der Waals surface area contributed by atoms with Crippen LogP contribution in [0.25, 0.3) is 0 Å². The molecule has 0 amide bonds. The fourth-order valence-electron chi connectivity index (χ4n) is 2.62. The summed E-state index contributed by atoms with van der Waals surface area (Å²) in [6.07, 6.45) is 7.99. The standard InChI is InChI=1S/C13H26N2O/c1-16-9-12(3-2-8-14)15-13(10-4-5-10)11-6-7-11/h10-13,15H,2-9,14H2,1H3. The molecule has 0 spiro atoms. The van der Waals surface area contributed by atoms with E-state index in [1.54, 1.807) is 7.11 Å². The third kappa shape index (κ3) is 3.72. The van der Waals surface area contributed by atoms with Crippen molar-refractivity contribution >= 4 is 0 Å². The van der Waals surface area contributed by atoms with E-state index in [4.69, 9.17) is 10.5 Å². The van der Waals surface area contributed by atoms with Crippen molar-refractivity contribution in [1.82, 2.24) is 5.32 Å². The Morgan fingerprint density at radius 1 is 1.25 bits per heavy atom. The monoisotopic (exact) mass is 226 g/mol. The fraction of sp³-hybridized carbons (Fsp3) is 1.00. The Morgan fingerprint density at radius 2 is 1.88 bits per heavy atom. The van der Waals surface area contributed by atoms with Gasteiger partial charge in [-0.1, -0.05) is 0 Å². The highest BCUT2D eigenvalue weighted by Gasteiger charge is 2.41. The van der Waals surface area contributed by atoms with E-state index in [1.165, 1.54) is 25.7 Å². The zero-order valence-electron chi connectivity index (χ0n) is 10.5. The average Bonchev–Trinajstić information content (AvgIpc) is 3.16. The Kier molecular flexibility index (Phi) is 4.62. The van der Waals surface area contributed by atoms with Crippen LogP contribution in [-0.2, 0) is 4.74 Å². The molecule has 3 nitrogen and oxygen atoms in total. The van der Waals surface area contributed by atoms with Crippen LogP contribution in [0.5, 0.6) is 0 Å². The molecule has 2 aliphatic rings. The first-order valence-corrected chi connectivity index (χ1v) is 6.80. The van der Waals surface area contributed by atoms with Gasteiger partial charge in [0.15, 0.2) is 0 Å². The van der Waals surface area contributed by atoms with E-state index in [0.29, 0.717) is 6.04 Å². The van der Waals surface area contributed by atoms with E-state index in [2.05, 4.69) is 5.32 Å². The zero-order valence-corrected chi connectivity index (χ0v) is 10.5. The minimum atomic E-state index is 0.514. The molecule has 0 aromatic heterocycles. The molecule has 2 aliphatic carbocycles. The second kappa shape index (κ2) is 5.99. The summed E-state index contributed by atoms with van der Waals surface area (Å²) >= 11 is 0. The Hall–Kier alpha value is -0.120. The Labute approximate surface area is 99.1 Å². The van der Waals surface area contributed by atoms with Gasteiger partial charge in [-0.15, -0.1) is 0 Å². The second-order valence-electron chi connectivity index (χ2n) is 5.45. The van der Waals surface area contributed by atoms with Gasteiger partial charge < -0.3 is 15.8 Å². The molecule has 2 saturated carbocycles. The van der Waals surface area contributed by atoms with Gasteiger partial charge in [0.05, 0.1) is 6.61 Å². The van der Waals surface area contributed by atoms with Crippen molar-refractivity contribution in [2.24, 2.45) is 17.6 Å². The lowest BCUT2D eigenvalue weighted by Gasteiger charge is -2.25. The number of hydrogen-bond donors (Lipinski definition) is 2. The van der Waals surface area contributed by atoms with E-state index < -0.39 is 0 Å². The molecule has 94 valence electrons. The van der Waals surface area contributed by atoms with Crippen molar-refractivity contribution in [2.75, 3.05) is 20.3 Å². The molecular formula is C13H26N2O. The summed E-state index contributed by atoms with van der Waals surface area (Å²) in [5, 5.41) is 3.83. The van der Waals surface area contributed by atoms with Crippen LogP contribution in [0.4, 0.5) is 0 Å². The lowest BCUT2D eigenvalue weighted by atomic mass is 10.0. The number of nitrogens with two attached hydrogens (primary N) is 1. The van der Waals surface area contributed by atoms with E-state index in [9.17, 15) is 0 Å². The van der Waals surface area contributed by atoms with Crippen LogP contribution in [0, 0.1) is 11.8 Å². The predicted molar refractivity (Wildman–Crippen MR) is 66.3 cm³/mol. The first kappa shape index (κ1) is 12.3. The van der Waals surface area contributed by atoms with Gasteiger partial charge in [-0.3, -0.25) is 0 Å². The highest BCUT2D eigenvalue weighted by atomic mass is 16.5. The molecule has 2 fully saturated rings. The quantitative estimate of drug-likeness (QED) is 0.626. The fourth-order valence-corrected chi connectivity index (χ4v) is 2.62. The second-order valence-corrected chi connectivity index (χ2v) is 5.45. The van der Waals surface area contributed by atoms with Gasteiger partial charge >= 0.3 is 0 Å². The van der Waals surface area contributed by atoms with Crippen LogP contribution in [0.2, 0.25) is 0 Å². The maximum Gasteiger partial charge on any atom is 0.0615 e. The van der Waals surface area contributed by atoms with Crippen LogP contribution in [0.3, 0.4) is 0 Å². The molecule has 0 heterocycles. The number of ether oxygens (including phenoxy) is 1. The molecule has 0 aromatic carbocycles. The van der Waals surface area contributed by atoms with Gasteiger partial charge in [-0.25, -0.2) is 0 Å². The molecule has 3 N–H and O–H groups in total. The first-order chi connectivity index (χ1) is 7.85. The van der Waals surface area contributed by atoms with E-state index in [0.717, 1.165) is 43.9 Å². The molecule has 0 radical (unpaired) electrons. The van der Waals surface area contributed by atoms with Crippen molar-refractivity contribution in [2.45, 2.75) is 50.6 Å². The van der Waals surface area contributed by atoms with Gasteiger partial charge in [0, 0.05) is 19.2 Å². The van der Waals surface area contributed by atoms with Crippen molar-refractivity contribution < 1.29 is 4.74 Å². The van der Waals surface area contributed by atoms with Gasteiger partial charge in [0.1, 0.15) is 0 Å². The maximum absolute atomic E-state index is 5.58. The highest BCUT2D eigenvalue weighted by molar-refractivity contribution is 4.97. The summed E-state index contributed by atoms with van der Waals surface area (Å²) in [5.74, 6) is 1.93. The van der Waals surface area contributed by atoms with Crippen LogP contribution >= 0.6 is 0 Å². The predicted octanol–water partition coefficient (Wildman–Crippen LogP) is 1.52. The van der Waals surface area contributed by atoms with E-state index in [1.807, 2.05) is 0 Å². The summed E-state index contributed by atoms with van der Waals surface area (Å²) in [4.78, 5) is 0. The molecule has 0 saturated heterocycles. The van der Waals surface area contributed by atoms with Crippen molar-refractivity contribution in [3.63, 3.8) is 0 Å². The summed E-state index contributed by atoms with van der Waals surface area (Å²) in [6, 6.07) is 1.29. The van der Waals surface area contributed by atoms with Gasteiger partial charge in [-0.2, -0.15) is 0 Å². The summed E-state index contributed by atoms with van der Waals surface area (Å²) in [7, 11) is 1.79. The van der Waals surface area contributed by atoms with Crippen LogP contribution in [0.1, 0.15) is 38.5 Å². The third-order valence-corrected chi connectivity index (χ3v) is 3.81. The largest absolute Gasteiger partial charge is 0.383 e.